The Labute approximate surface area is 181 Å². The van der Waals surface area contributed by atoms with Crippen LogP contribution in [0, 0.1) is 11.7 Å². The van der Waals surface area contributed by atoms with E-state index in [1.165, 1.54) is 6.07 Å². The molecule has 1 saturated heterocycles. The number of benzene rings is 1. The molecular formula is C25H28FN3O2. The quantitative estimate of drug-likeness (QED) is 0.618. The van der Waals surface area contributed by atoms with Gasteiger partial charge in [0.2, 0.25) is 0 Å². The van der Waals surface area contributed by atoms with Crippen LogP contribution in [0.5, 0.6) is 0 Å². The van der Waals surface area contributed by atoms with Gasteiger partial charge in [-0.1, -0.05) is 12.1 Å². The van der Waals surface area contributed by atoms with Crippen molar-refractivity contribution < 1.29 is 13.9 Å². The third-order valence-electron chi connectivity index (χ3n) is 6.79. The Balaban J connectivity index is 1.31. The van der Waals surface area contributed by atoms with Gasteiger partial charge in [-0.15, -0.1) is 0 Å². The monoisotopic (exact) mass is 421 g/mol. The highest BCUT2D eigenvalue weighted by molar-refractivity contribution is 6.05. The zero-order valence-electron chi connectivity index (χ0n) is 17.7. The first kappa shape index (κ1) is 20.2. The van der Waals surface area contributed by atoms with Crippen molar-refractivity contribution in [2.24, 2.45) is 5.92 Å². The Morgan fingerprint density at radius 1 is 1.10 bits per heavy atom. The molecule has 1 aliphatic carbocycles. The second kappa shape index (κ2) is 8.79. The zero-order chi connectivity index (χ0) is 21.2. The molecule has 2 fully saturated rings. The van der Waals surface area contributed by atoms with E-state index in [4.69, 9.17) is 4.74 Å². The Bertz CT molecular complexity index is 1070. The number of hydrogen-bond acceptors (Lipinski definition) is 3. The molecule has 1 aliphatic heterocycles. The van der Waals surface area contributed by atoms with Crippen molar-refractivity contribution in [3.05, 3.63) is 65.7 Å². The number of amides is 1. The van der Waals surface area contributed by atoms with Crippen LogP contribution in [0.25, 0.3) is 11.0 Å². The summed E-state index contributed by atoms with van der Waals surface area (Å²) in [5.74, 6) is 0.879. The lowest BCUT2D eigenvalue weighted by atomic mass is 9.78. The third kappa shape index (κ3) is 4.22. The summed E-state index contributed by atoms with van der Waals surface area (Å²) in [6, 6.07) is 11.0. The van der Waals surface area contributed by atoms with E-state index < -0.39 is 0 Å². The minimum atomic E-state index is -0.150. The van der Waals surface area contributed by atoms with Crippen LogP contribution in [-0.2, 0) is 11.3 Å². The normalized spacial score (nSPS) is 22.0. The van der Waals surface area contributed by atoms with Crippen LogP contribution in [0.3, 0.4) is 0 Å². The number of hydrogen-bond donors (Lipinski definition) is 0. The van der Waals surface area contributed by atoms with Gasteiger partial charge in [0.1, 0.15) is 11.3 Å². The average Bonchev–Trinajstić information content (AvgIpc) is 3.18. The number of halogens is 1. The van der Waals surface area contributed by atoms with Gasteiger partial charge < -0.3 is 14.2 Å². The number of fused-ring (bicyclic) bond motifs is 1. The van der Waals surface area contributed by atoms with E-state index >= 15 is 0 Å². The lowest BCUT2D eigenvalue weighted by molar-refractivity contribution is 0.0304. The molecule has 3 aromatic rings. The highest BCUT2D eigenvalue weighted by Crippen LogP contribution is 2.37. The van der Waals surface area contributed by atoms with Crippen molar-refractivity contribution in [1.82, 2.24) is 14.5 Å². The van der Waals surface area contributed by atoms with Gasteiger partial charge in [-0.05, 0) is 67.3 Å². The van der Waals surface area contributed by atoms with Crippen LogP contribution in [0.2, 0.25) is 0 Å². The molecule has 6 heteroatoms. The maximum Gasteiger partial charge on any atom is 0.257 e. The lowest BCUT2D eigenvalue weighted by Gasteiger charge is -2.29. The number of nitrogens with zero attached hydrogens (tertiary/aromatic N) is 3. The van der Waals surface area contributed by atoms with Crippen LogP contribution in [0.15, 0.2) is 48.8 Å². The fraction of sp³-hybridized carbons (Fsp3) is 0.440. The van der Waals surface area contributed by atoms with Crippen LogP contribution in [-0.4, -0.2) is 46.7 Å². The number of ether oxygens (including phenoxy) is 1. The molecule has 3 heterocycles. The van der Waals surface area contributed by atoms with Crippen molar-refractivity contribution in [2.45, 2.75) is 38.1 Å². The molecule has 2 aromatic heterocycles. The summed E-state index contributed by atoms with van der Waals surface area (Å²) in [7, 11) is 0. The summed E-state index contributed by atoms with van der Waals surface area (Å²) in [4.78, 5) is 19.5. The first-order valence-corrected chi connectivity index (χ1v) is 11.3. The van der Waals surface area contributed by atoms with E-state index in [9.17, 15) is 9.18 Å². The fourth-order valence-corrected chi connectivity index (χ4v) is 5.08. The fourth-order valence-electron chi connectivity index (χ4n) is 5.08. The van der Waals surface area contributed by atoms with Crippen molar-refractivity contribution in [3.63, 3.8) is 0 Å². The van der Waals surface area contributed by atoms with Gasteiger partial charge >= 0.3 is 0 Å². The van der Waals surface area contributed by atoms with Crippen molar-refractivity contribution >= 4 is 16.9 Å². The third-order valence-corrected chi connectivity index (χ3v) is 6.79. The van der Waals surface area contributed by atoms with Gasteiger partial charge in [-0.25, -0.2) is 4.39 Å². The van der Waals surface area contributed by atoms with E-state index in [2.05, 4.69) is 15.6 Å². The summed E-state index contributed by atoms with van der Waals surface area (Å²) in [6.07, 6.45) is 8.11. The molecule has 0 radical (unpaired) electrons. The maximum atomic E-state index is 13.6. The number of carbonyl (C=O) groups is 1. The first-order chi connectivity index (χ1) is 15.2. The summed E-state index contributed by atoms with van der Waals surface area (Å²) in [5, 5.41) is 0. The second-order valence-corrected chi connectivity index (χ2v) is 8.74. The number of rotatable bonds is 4. The van der Waals surface area contributed by atoms with Crippen LogP contribution >= 0.6 is 0 Å². The minimum Gasteiger partial charge on any atom is -0.378 e. The van der Waals surface area contributed by atoms with Crippen molar-refractivity contribution in [3.8, 4) is 0 Å². The summed E-state index contributed by atoms with van der Waals surface area (Å²) >= 11 is 0. The number of pyridine rings is 1. The highest BCUT2D eigenvalue weighted by Gasteiger charge is 2.26. The largest absolute Gasteiger partial charge is 0.378 e. The van der Waals surface area contributed by atoms with E-state index in [0.717, 1.165) is 48.8 Å². The molecule has 0 N–H and O–H groups in total. The zero-order valence-corrected chi connectivity index (χ0v) is 17.7. The smallest absolute Gasteiger partial charge is 0.257 e. The molecule has 0 bridgehead atoms. The molecule has 2 aliphatic rings. The minimum absolute atomic E-state index is 0.0422. The lowest BCUT2D eigenvalue weighted by Crippen LogP contribution is -2.40. The molecule has 0 spiro atoms. The topological polar surface area (TPSA) is 47.4 Å². The molecule has 0 unspecified atom stereocenters. The van der Waals surface area contributed by atoms with Crippen LogP contribution < -0.4 is 0 Å². The molecular weight excluding hydrogens is 393 g/mol. The first-order valence-electron chi connectivity index (χ1n) is 11.3. The highest BCUT2D eigenvalue weighted by atomic mass is 19.1. The molecule has 1 amide bonds. The van der Waals surface area contributed by atoms with E-state index in [1.54, 1.807) is 12.3 Å². The number of carbonyl (C=O) groups excluding carboxylic acids is 1. The Morgan fingerprint density at radius 2 is 1.90 bits per heavy atom. The van der Waals surface area contributed by atoms with Gasteiger partial charge in [-0.2, -0.15) is 0 Å². The standard InChI is InChI=1S/C25H28FN3O2/c26-21-4-1-3-20(15-21)19-8-6-18(7-9-19)16-29-17-22(24-23(29)5-2-10-27-24)25(30)28-11-13-31-14-12-28/h1-5,10,15,17-19H,6-9,11-14,16H2. The van der Waals surface area contributed by atoms with Gasteiger partial charge in [-0.3, -0.25) is 9.78 Å². The maximum absolute atomic E-state index is 13.6. The van der Waals surface area contributed by atoms with Crippen LogP contribution in [0.4, 0.5) is 4.39 Å². The summed E-state index contributed by atoms with van der Waals surface area (Å²) in [6.45, 7) is 3.32. The van der Waals surface area contributed by atoms with Crippen molar-refractivity contribution in [2.75, 3.05) is 26.3 Å². The van der Waals surface area contributed by atoms with Crippen LogP contribution in [0.1, 0.15) is 47.5 Å². The molecule has 162 valence electrons. The molecule has 5 rings (SSSR count). The number of aromatic nitrogens is 2. The SMILES string of the molecule is O=C(c1cn(CC2CCC(c3cccc(F)c3)CC2)c2cccnc12)N1CCOCC1. The van der Waals surface area contributed by atoms with Gasteiger partial charge in [0.15, 0.2) is 0 Å². The van der Waals surface area contributed by atoms with E-state index in [0.29, 0.717) is 43.7 Å². The predicted molar refractivity (Wildman–Crippen MR) is 118 cm³/mol. The second-order valence-electron chi connectivity index (χ2n) is 8.74. The summed E-state index contributed by atoms with van der Waals surface area (Å²) < 4.78 is 21.2. The van der Waals surface area contributed by atoms with E-state index in [-0.39, 0.29) is 11.7 Å². The molecule has 0 atom stereocenters. The summed E-state index contributed by atoms with van der Waals surface area (Å²) in [5.41, 5.74) is 3.61. The van der Waals surface area contributed by atoms with Gasteiger partial charge in [0.05, 0.1) is 24.3 Å². The Hall–Kier alpha value is -2.73. The predicted octanol–water partition coefficient (Wildman–Crippen LogP) is 4.62. The molecule has 31 heavy (non-hydrogen) atoms. The van der Waals surface area contributed by atoms with Gasteiger partial charge in [0.25, 0.3) is 5.91 Å². The Morgan fingerprint density at radius 3 is 2.68 bits per heavy atom. The molecule has 1 saturated carbocycles. The molecule has 1 aromatic carbocycles. The van der Waals surface area contributed by atoms with E-state index in [1.807, 2.05) is 29.3 Å². The van der Waals surface area contributed by atoms with Gasteiger partial charge in [0, 0.05) is 32.0 Å². The molecule has 5 nitrogen and oxygen atoms in total. The Kier molecular flexibility index (Phi) is 5.72. The number of morpholine rings is 1. The van der Waals surface area contributed by atoms with Crippen molar-refractivity contribution in [1.29, 1.82) is 0 Å². The average molecular weight is 422 g/mol.